The molecule has 2 aliphatic rings. The monoisotopic (exact) mass is 301 g/mol. The fourth-order valence-corrected chi connectivity index (χ4v) is 3.70. The van der Waals surface area contributed by atoms with E-state index in [1.807, 2.05) is 7.05 Å². The zero-order valence-corrected chi connectivity index (χ0v) is 13.1. The van der Waals surface area contributed by atoms with Crippen molar-refractivity contribution < 1.29 is 4.74 Å². The van der Waals surface area contributed by atoms with Crippen LogP contribution < -0.4 is 4.90 Å². The summed E-state index contributed by atoms with van der Waals surface area (Å²) in [5, 5.41) is 1.16. The Morgan fingerprint density at radius 3 is 2.91 bits per heavy atom. The Labute approximate surface area is 130 Å². The van der Waals surface area contributed by atoms with Crippen molar-refractivity contribution in [2.24, 2.45) is 7.05 Å². The molecular formula is C16H23N5O. The van der Waals surface area contributed by atoms with E-state index < -0.39 is 0 Å². The molecule has 2 fully saturated rings. The summed E-state index contributed by atoms with van der Waals surface area (Å²) in [5.74, 6) is 1.09. The summed E-state index contributed by atoms with van der Waals surface area (Å²) in [6.45, 7) is 5.99. The molecule has 0 aromatic carbocycles. The summed E-state index contributed by atoms with van der Waals surface area (Å²) < 4.78 is 7.54. The van der Waals surface area contributed by atoms with Crippen LogP contribution in [0.5, 0.6) is 0 Å². The van der Waals surface area contributed by atoms with Crippen LogP contribution in [-0.2, 0) is 11.8 Å². The number of anilines is 1. The molecule has 2 aromatic rings. The average Bonchev–Trinajstić information content (AvgIpc) is 2.97. The van der Waals surface area contributed by atoms with Gasteiger partial charge in [0.15, 0.2) is 0 Å². The summed E-state index contributed by atoms with van der Waals surface area (Å²) in [7, 11) is 2.03. The van der Waals surface area contributed by atoms with Gasteiger partial charge in [0.1, 0.15) is 17.8 Å². The van der Waals surface area contributed by atoms with Gasteiger partial charge in [-0.3, -0.25) is 4.90 Å². The number of aryl methyl sites for hydroxylation is 1. The first-order valence-electron chi connectivity index (χ1n) is 8.16. The van der Waals surface area contributed by atoms with Crippen LogP contribution in [0, 0.1) is 0 Å². The number of aromatic nitrogens is 3. The summed E-state index contributed by atoms with van der Waals surface area (Å²) in [6.07, 6.45) is 6.25. The van der Waals surface area contributed by atoms with E-state index in [4.69, 9.17) is 4.74 Å². The lowest BCUT2D eigenvalue weighted by molar-refractivity contribution is 0.0137. The highest BCUT2D eigenvalue weighted by Gasteiger charge is 2.28. The van der Waals surface area contributed by atoms with E-state index >= 15 is 0 Å². The molecule has 4 rings (SSSR count). The van der Waals surface area contributed by atoms with Gasteiger partial charge in [0, 0.05) is 45.5 Å². The topological polar surface area (TPSA) is 46.4 Å². The molecule has 0 aliphatic carbocycles. The summed E-state index contributed by atoms with van der Waals surface area (Å²) in [6, 6.07) is 2.75. The number of piperidine rings is 1. The first-order valence-corrected chi connectivity index (χ1v) is 8.16. The third-order valence-corrected chi connectivity index (χ3v) is 4.90. The second-order valence-electron chi connectivity index (χ2n) is 6.25. The molecule has 1 unspecified atom stereocenters. The maximum absolute atomic E-state index is 5.48. The molecule has 2 saturated heterocycles. The van der Waals surface area contributed by atoms with Crippen LogP contribution in [0.1, 0.15) is 12.8 Å². The SMILES string of the molecule is Cn1ccc2c(N3CCCC(N4CCOCC4)C3)ncnc21. The van der Waals surface area contributed by atoms with Crippen LogP contribution in [0.2, 0.25) is 0 Å². The van der Waals surface area contributed by atoms with E-state index in [-0.39, 0.29) is 0 Å². The molecule has 4 heterocycles. The minimum absolute atomic E-state index is 0.617. The van der Waals surface area contributed by atoms with Gasteiger partial charge in [-0.1, -0.05) is 0 Å². The number of nitrogens with zero attached hydrogens (tertiary/aromatic N) is 5. The normalized spacial score (nSPS) is 24.0. The molecule has 0 saturated carbocycles. The van der Waals surface area contributed by atoms with Crippen LogP contribution in [-0.4, -0.2) is 64.9 Å². The van der Waals surface area contributed by atoms with Gasteiger partial charge in [0.05, 0.1) is 18.6 Å². The quantitative estimate of drug-likeness (QED) is 0.836. The van der Waals surface area contributed by atoms with Crippen LogP contribution in [0.3, 0.4) is 0 Å². The Balaban J connectivity index is 1.58. The lowest BCUT2D eigenvalue weighted by atomic mass is 10.0. The number of hydrogen-bond donors (Lipinski definition) is 0. The fourth-order valence-electron chi connectivity index (χ4n) is 3.70. The maximum Gasteiger partial charge on any atom is 0.145 e. The summed E-state index contributed by atoms with van der Waals surface area (Å²) in [5.41, 5.74) is 1.01. The van der Waals surface area contributed by atoms with Crippen molar-refractivity contribution in [1.82, 2.24) is 19.4 Å². The Bertz CT molecular complexity index is 649. The van der Waals surface area contributed by atoms with Gasteiger partial charge in [-0.2, -0.15) is 0 Å². The molecule has 6 nitrogen and oxygen atoms in total. The van der Waals surface area contributed by atoms with Crippen LogP contribution in [0.25, 0.3) is 11.0 Å². The fraction of sp³-hybridized carbons (Fsp3) is 0.625. The predicted molar refractivity (Wildman–Crippen MR) is 86.1 cm³/mol. The third kappa shape index (κ3) is 2.46. The van der Waals surface area contributed by atoms with Gasteiger partial charge >= 0.3 is 0 Å². The number of rotatable bonds is 2. The van der Waals surface area contributed by atoms with E-state index in [2.05, 4.69) is 36.6 Å². The molecule has 0 N–H and O–H groups in total. The summed E-state index contributed by atoms with van der Waals surface area (Å²) in [4.78, 5) is 14.0. The minimum Gasteiger partial charge on any atom is -0.379 e. The van der Waals surface area contributed by atoms with Gasteiger partial charge < -0.3 is 14.2 Å². The van der Waals surface area contributed by atoms with Gasteiger partial charge in [-0.05, 0) is 18.9 Å². The smallest absolute Gasteiger partial charge is 0.145 e. The zero-order chi connectivity index (χ0) is 14.9. The van der Waals surface area contributed by atoms with E-state index in [1.54, 1.807) is 6.33 Å². The molecule has 0 spiro atoms. The van der Waals surface area contributed by atoms with Crippen molar-refractivity contribution in [3.63, 3.8) is 0 Å². The lowest BCUT2D eigenvalue weighted by Gasteiger charge is -2.41. The van der Waals surface area contributed by atoms with Crippen molar-refractivity contribution in [2.45, 2.75) is 18.9 Å². The standard InChI is InChI=1S/C16H23N5O/c1-19-6-4-14-15(19)17-12-18-16(14)21-5-2-3-13(11-21)20-7-9-22-10-8-20/h4,6,12-13H,2-3,5,7-11H2,1H3. The van der Waals surface area contributed by atoms with Gasteiger partial charge in [-0.15, -0.1) is 0 Å². The Hall–Kier alpha value is -1.66. The molecular weight excluding hydrogens is 278 g/mol. The van der Waals surface area contributed by atoms with E-state index in [0.717, 1.165) is 56.2 Å². The van der Waals surface area contributed by atoms with Crippen molar-refractivity contribution in [3.05, 3.63) is 18.6 Å². The predicted octanol–water partition coefficient (Wildman–Crippen LogP) is 1.27. The molecule has 2 aromatic heterocycles. The average molecular weight is 301 g/mol. The van der Waals surface area contributed by atoms with Crippen LogP contribution >= 0.6 is 0 Å². The highest BCUT2D eigenvalue weighted by atomic mass is 16.5. The molecule has 0 amide bonds. The van der Waals surface area contributed by atoms with Gasteiger partial charge in [0.25, 0.3) is 0 Å². The van der Waals surface area contributed by atoms with Crippen molar-refractivity contribution in [3.8, 4) is 0 Å². The van der Waals surface area contributed by atoms with Crippen molar-refractivity contribution in [1.29, 1.82) is 0 Å². The van der Waals surface area contributed by atoms with Crippen molar-refractivity contribution in [2.75, 3.05) is 44.3 Å². The van der Waals surface area contributed by atoms with Gasteiger partial charge in [-0.25, -0.2) is 9.97 Å². The largest absolute Gasteiger partial charge is 0.379 e. The Morgan fingerprint density at radius 2 is 2.05 bits per heavy atom. The molecule has 118 valence electrons. The molecule has 2 aliphatic heterocycles. The molecule has 22 heavy (non-hydrogen) atoms. The molecule has 0 bridgehead atoms. The minimum atomic E-state index is 0.617. The number of morpholine rings is 1. The van der Waals surface area contributed by atoms with E-state index in [9.17, 15) is 0 Å². The van der Waals surface area contributed by atoms with Gasteiger partial charge in [0.2, 0.25) is 0 Å². The second-order valence-corrected chi connectivity index (χ2v) is 6.25. The number of fused-ring (bicyclic) bond motifs is 1. The Kier molecular flexibility index (Phi) is 3.72. The van der Waals surface area contributed by atoms with Crippen LogP contribution in [0.4, 0.5) is 5.82 Å². The van der Waals surface area contributed by atoms with Crippen LogP contribution in [0.15, 0.2) is 18.6 Å². The molecule has 0 radical (unpaired) electrons. The molecule has 1 atom stereocenters. The van der Waals surface area contributed by atoms with E-state index in [1.165, 1.54) is 12.8 Å². The first kappa shape index (κ1) is 14.0. The second kappa shape index (κ2) is 5.85. The van der Waals surface area contributed by atoms with E-state index in [0.29, 0.717) is 6.04 Å². The van der Waals surface area contributed by atoms with Crippen molar-refractivity contribution >= 4 is 16.9 Å². The zero-order valence-electron chi connectivity index (χ0n) is 13.1. The number of hydrogen-bond acceptors (Lipinski definition) is 5. The third-order valence-electron chi connectivity index (χ3n) is 4.90. The maximum atomic E-state index is 5.48. The lowest BCUT2D eigenvalue weighted by Crippen LogP contribution is -2.51. The Morgan fingerprint density at radius 1 is 1.18 bits per heavy atom. The highest BCUT2D eigenvalue weighted by Crippen LogP contribution is 2.27. The molecule has 6 heteroatoms. The highest BCUT2D eigenvalue weighted by molar-refractivity contribution is 5.87. The number of ether oxygens (including phenoxy) is 1. The summed E-state index contributed by atoms with van der Waals surface area (Å²) >= 11 is 0. The first-order chi connectivity index (χ1) is 10.8.